The third kappa shape index (κ3) is 3.14. The van der Waals surface area contributed by atoms with E-state index in [9.17, 15) is 5.11 Å². The van der Waals surface area contributed by atoms with Gasteiger partial charge in [-0.3, -0.25) is 0 Å². The second-order valence-electron chi connectivity index (χ2n) is 4.70. The standard InChI is InChI=1S/C13H21N3OS/c1-10-14-8-11(9-17)13(15-10)16-6-3-4-12(18-2)5-7-16/h8,12,17H,3-7,9H2,1-2H3. The lowest BCUT2D eigenvalue weighted by molar-refractivity contribution is 0.281. The van der Waals surface area contributed by atoms with Crippen LogP contribution in [0.4, 0.5) is 5.82 Å². The van der Waals surface area contributed by atoms with Crippen molar-refractivity contribution in [1.82, 2.24) is 9.97 Å². The quantitative estimate of drug-likeness (QED) is 0.907. The molecule has 2 rings (SSSR count). The molecule has 0 aromatic carbocycles. The number of rotatable bonds is 3. The highest BCUT2D eigenvalue weighted by Crippen LogP contribution is 2.25. The van der Waals surface area contributed by atoms with Crippen molar-refractivity contribution in [2.24, 2.45) is 0 Å². The zero-order valence-corrected chi connectivity index (χ0v) is 11.9. The van der Waals surface area contributed by atoms with Gasteiger partial charge >= 0.3 is 0 Å². The Morgan fingerprint density at radius 2 is 2.28 bits per heavy atom. The molecule has 1 unspecified atom stereocenters. The van der Waals surface area contributed by atoms with Crippen LogP contribution in [0.15, 0.2) is 6.20 Å². The second-order valence-corrected chi connectivity index (χ2v) is 5.84. The van der Waals surface area contributed by atoms with Gasteiger partial charge in [-0.05, 0) is 32.4 Å². The van der Waals surface area contributed by atoms with Crippen LogP contribution in [-0.4, -0.2) is 39.7 Å². The SMILES string of the molecule is CSC1CCCN(c2nc(C)ncc2CO)CC1. The molecule has 0 spiro atoms. The van der Waals surface area contributed by atoms with Crippen LogP contribution in [0.1, 0.15) is 30.7 Å². The summed E-state index contributed by atoms with van der Waals surface area (Å²) in [6.07, 6.45) is 7.59. The van der Waals surface area contributed by atoms with Crippen molar-refractivity contribution >= 4 is 17.6 Å². The van der Waals surface area contributed by atoms with Gasteiger partial charge in [0, 0.05) is 30.1 Å². The fourth-order valence-corrected chi connectivity index (χ4v) is 3.13. The first kappa shape index (κ1) is 13.6. The Bertz CT molecular complexity index is 400. The van der Waals surface area contributed by atoms with Crippen LogP contribution in [0.2, 0.25) is 0 Å². The first-order chi connectivity index (χ1) is 8.74. The molecule has 1 atom stereocenters. The maximum absolute atomic E-state index is 9.40. The van der Waals surface area contributed by atoms with Crippen LogP contribution >= 0.6 is 11.8 Å². The lowest BCUT2D eigenvalue weighted by atomic mass is 10.2. The number of anilines is 1. The molecule has 1 aromatic heterocycles. The minimum atomic E-state index is 0.0120. The molecule has 1 aliphatic rings. The third-order valence-corrected chi connectivity index (χ3v) is 4.58. The molecule has 0 aliphatic carbocycles. The number of hydrogen-bond donors (Lipinski definition) is 1. The zero-order chi connectivity index (χ0) is 13.0. The number of aliphatic hydroxyl groups excluding tert-OH is 1. The highest BCUT2D eigenvalue weighted by molar-refractivity contribution is 7.99. The molecule has 5 heteroatoms. The largest absolute Gasteiger partial charge is 0.391 e. The summed E-state index contributed by atoms with van der Waals surface area (Å²) in [5, 5.41) is 10.2. The van der Waals surface area contributed by atoms with Crippen molar-refractivity contribution < 1.29 is 5.11 Å². The van der Waals surface area contributed by atoms with Crippen LogP contribution in [0.25, 0.3) is 0 Å². The molecular formula is C13H21N3OS. The fraction of sp³-hybridized carbons (Fsp3) is 0.692. The Morgan fingerprint density at radius 1 is 1.44 bits per heavy atom. The van der Waals surface area contributed by atoms with E-state index in [0.717, 1.165) is 35.5 Å². The molecule has 1 aromatic rings. The van der Waals surface area contributed by atoms with Gasteiger partial charge in [-0.25, -0.2) is 9.97 Å². The molecule has 2 heterocycles. The molecule has 1 aliphatic heterocycles. The maximum atomic E-state index is 9.40. The molecule has 100 valence electrons. The first-order valence-corrected chi connectivity index (χ1v) is 7.74. The molecule has 0 bridgehead atoms. The number of aryl methyl sites for hydroxylation is 1. The molecule has 4 nitrogen and oxygen atoms in total. The monoisotopic (exact) mass is 267 g/mol. The lowest BCUT2D eigenvalue weighted by Crippen LogP contribution is -2.27. The Balaban J connectivity index is 2.17. The number of hydrogen-bond acceptors (Lipinski definition) is 5. The van der Waals surface area contributed by atoms with Crippen molar-refractivity contribution in [2.75, 3.05) is 24.2 Å². The van der Waals surface area contributed by atoms with E-state index >= 15 is 0 Å². The van der Waals surface area contributed by atoms with E-state index in [-0.39, 0.29) is 6.61 Å². The summed E-state index contributed by atoms with van der Waals surface area (Å²) in [4.78, 5) is 11.0. The van der Waals surface area contributed by atoms with Gasteiger partial charge in [-0.1, -0.05) is 0 Å². The van der Waals surface area contributed by atoms with Crippen LogP contribution in [0.3, 0.4) is 0 Å². The van der Waals surface area contributed by atoms with Crippen LogP contribution in [0, 0.1) is 6.92 Å². The maximum Gasteiger partial charge on any atom is 0.137 e. The first-order valence-electron chi connectivity index (χ1n) is 6.45. The average molecular weight is 267 g/mol. The van der Waals surface area contributed by atoms with Gasteiger partial charge in [0.05, 0.1) is 6.61 Å². The normalized spacial score (nSPS) is 20.8. The minimum Gasteiger partial charge on any atom is -0.391 e. The summed E-state index contributed by atoms with van der Waals surface area (Å²) in [7, 11) is 0. The minimum absolute atomic E-state index is 0.0120. The predicted octanol–water partition coefficient (Wildman–Crippen LogP) is 2.00. The van der Waals surface area contributed by atoms with Crippen LogP contribution in [-0.2, 0) is 6.61 Å². The third-order valence-electron chi connectivity index (χ3n) is 3.44. The molecule has 0 radical (unpaired) electrons. The molecule has 0 saturated carbocycles. The van der Waals surface area contributed by atoms with Gasteiger partial charge in [-0.2, -0.15) is 11.8 Å². The zero-order valence-electron chi connectivity index (χ0n) is 11.1. The van der Waals surface area contributed by atoms with Gasteiger partial charge < -0.3 is 10.0 Å². The lowest BCUT2D eigenvalue weighted by Gasteiger charge is -2.23. The number of nitrogens with zero attached hydrogens (tertiary/aromatic N) is 3. The van der Waals surface area contributed by atoms with Gasteiger partial charge in [0.25, 0.3) is 0 Å². The Morgan fingerprint density at radius 3 is 3.00 bits per heavy atom. The van der Waals surface area contributed by atoms with E-state index in [1.807, 2.05) is 18.7 Å². The van der Waals surface area contributed by atoms with Crippen molar-refractivity contribution in [2.45, 2.75) is 38.0 Å². The van der Waals surface area contributed by atoms with Crippen LogP contribution in [0.5, 0.6) is 0 Å². The van der Waals surface area contributed by atoms with Crippen molar-refractivity contribution in [3.8, 4) is 0 Å². The summed E-state index contributed by atoms with van der Waals surface area (Å²) in [5.41, 5.74) is 0.836. The fourth-order valence-electron chi connectivity index (χ4n) is 2.38. The average Bonchev–Trinajstić information content (AvgIpc) is 2.63. The van der Waals surface area contributed by atoms with E-state index in [4.69, 9.17) is 0 Å². The molecular weight excluding hydrogens is 246 g/mol. The van der Waals surface area contributed by atoms with E-state index in [1.54, 1.807) is 6.20 Å². The summed E-state index contributed by atoms with van der Waals surface area (Å²) >= 11 is 1.96. The van der Waals surface area contributed by atoms with E-state index in [2.05, 4.69) is 21.1 Å². The van der Waals surface area contributed by atoms with Crippen molar-refractivity contribution in [3.63, 3.8) is 0 Å². The van der Waals surface area contributed by atoms with Crippen molar-refractivity contribution in [3.05, 3.63) is 17.6 Å². The van der Waals surface area contributed by atoms with Crippen LogP contribution < -0.4 is 4.90 Å². The smallest absolute Gasteiger partial charge is 0.137 e. The summed E-state index contributed by atoms with van der Waals surface area (Å²) < 4.78 is 0. The topological polar surface area (TPSA) is 49.2 Å². The summed E-state index contributed by atoms with van der Waals surface area (Å²) in [5.74, 6) is 1.69. The second kappa shape index (κ2) is 6.38. The highest BCUT2D eigenvalue weighted by atomic mass is 32.2. The van der Waals surface area contributed by atoms with Crippen molar-refractivity contribution in [1.29, 1.82) is 0 Å². The van der Waals surface area contributed by atoms with E-state index in [1.165, 1.54) is 19.3 Å². The van der Waals surface area contributed by atoms with E-state index < -0.39 is 0 Å². The number of aliphatic hydroxyl groups is 1. The summed E-state index contributed by atoms with van der Waals surface area (Å²) in [6, 6.07) is 0. The Kier molecular flexibility index (Phi) is 4.83. The number of aromatic nitrogens is 2. The molecule has 1 saturated heterocycles. The van der Waals surface area contributed by atoms with Gasteiger partial charge in [-0.15, -0.1) is 0 Å². The van der Waals surface area contributed by atoms with E-state index in [0.29, 0.717) is 0 Å². The van der Waals surface area contributed by atoms with Gasteiger partial charge in [0.1, 0.15) is 11.6 Å². The molecule has 1 fully saturated rings. The number of thioether (sulfide) groups is 1. The van der Waals surface area contributed by atoms with Gasteiger partial charge in [0.2, 0.25) is 0 Å². The summed E-state index contributed by atoms with van der Waals surface area (Å²) in [6.45, 7) is 3.96. The highest BCUT2D eigenvalue weighted by Gasteiger charge is 2.19. The predicted molar refractivity (Wildman–Crippen MR) is 76.1 cm³/mol. The Hall–Kier alpha value is -0.810. The molecule has 18 heavy (non-hydrogen) atoms. The molecule has 1 N–H and O–H groups in total. The Labute approximate surface area is 113 Å². The molecule has 0 amide bonds. The van der Waals surface area contributed by atoms with Gasteiger partial charge in [0.15, 0.2) is 0 Å².